The normalized spacial score (nSPS) is 13.4. The molecule has 0 unspecified atom stereocenters. The van der Waals surface area contributed by atoms with Gasteiger partial charge in [0.1, 0.15) is 0 Å². The van der Waals surface area contributed by atoms with Gasteiger partial charge in [-0.25, -0.2) is 4.79 Å². The van der Waals surface area contributed by atoms with Crippen LogP contribution in [0.3, 0.4) is 0 Å². The fourth-order valence-electron chi connectivity index (χ4n) is 2.14. The van der Waals surface area contributed by atoms with Crippen molar-refractivity contribution in [2.75, 3.05) is 12.5 Å². The van der Waals surface area contributed by atoms with Gasteiger partial charge in [0.2, 0.25) is 0 Å². The Morgan fingerprint density at radius 3 is 2.21 bits per heavy atom. The van der Waals surface area contributed by atoms with E-state index in [2.05, 4.69) is 10.2 Å². The Balaban J connectivity index is 2.41. The first-order valence-corrected chi connectivity index (χ1v) is 8.37. The second kappa shape index (κ2) is 8.68. The molecule has 0 aromatic heterocycles. The molecule has 2 rings (SSSR count). The number of hydrazine groups is 1. The summed E-state index contributed by atoms with van der Waals surface area (Å²) in [7, 11) is 0.758. The maximum Gasteiger partial charge on any atom is 0.438 e. The molecule has 2 aromatic carbocycles. The number of carbonyl (C=O) groups excluding carboxylic acids is 2. The molecule has 0 radical (unpaired) electrons. The molecule has 0 heterocycles. The predicted octanol–water partition coefficient (Wildman–Crippen LogP) is 3.77. The number of ether oxygens (including phenoxy) is 1. The zero-order valence-corrected chi connectivity index (χ0v) is 15.7. The Labute approximate surface area is 167 Å². The summed E-state index contributed by atoms with van der Waals surface area (Å²) in [5.74, 6) is -3.06. The summed E-state index contributed by atoms with van der Waals surface area (Å²) in [6.45, 7) is 0. The molecule has 6 nitrogen and oxygen atoms in total. The molecule has 0 bridgehead atoms. The van der Waals surface area contributed by atoms with Crippen LogP contribution >= 0.6 is 23.2 Å². The lowest BCUT2D eigenvalue weighted by atomic mass is 10.1. The molecular formula is C17H14Cl2F3N3O3. The molecule has 1 amide bonds. The van der Waals surface area contributed by atoms with Crippen molar-refractivity contribution in [3.05, 3.63) is 64.1 Å². The maximum absolute atomic E-state index is 13.9. The first-order chi connectivity index (χ1) is 13.1. The second-order valence-corrected chi connectivity index (χ2v) is 6.28. The molecule has 1 atom stereocenters. The van der Waals surface area contributed by atoms with Gasteiger partial charge in [-0.15, -0.1) is 0 Å². The lowest BCUT2D eigenvalue weighted by molar-refractivity contribution is -0.215. The molecule has 2 aromatic rings. The first-order valence-electron chi connectivity index (χ1n) is 7.61. The van der Waals surface area contributed by atoms with Crippen molar-refractivity contribution in [2.45, 2.75) is 11.8 Å². The summed E-state index contributed by atoms with van der Waals surface area (Å²) in [6.07, 6.45) is -5.28. The van der Waals surface area contributed by atoms with Crippen LogP contribution in [0.15, 0.2) is 48.5 Å². The second-order valence-electron chi connectivity index (χ2n) is 5.43. The number of nitrogens with one attached hydrogen (secondary N) is 3. The van der Waals surface area contributed by atoms with E-state index in [0.717, 1.165) is 13.2 Å². The smallest absolute Gasteiger partial charge is 0.438 e. The molecule has 0 spiro atoms. The highest BCUT2D eigenvalue weighted by molar-refractivity contribution is 6.36. The number of carbonyl (C=O) groups is 2. The Bertz CT molecular complexity index is 866. The van der Waals surface area contributed by atoms with Crippen molar-refractivity contribution < 1.29 is 27.5 Å². The summed E-state index contributed by atoms with van der Waals surface area (Å²) in [6, 6.07) is 11.2. The fourth-order valence-corrected chi connectivity index (χ4v) is 2.64. The average Bonchev–Trinajstić information content (AvgIpc) is 2.64. The Hall–Kier alpha value is -2.49. The van der Waals surface area contributed by atoms with E-state index in [1.165, 1.54) is 24.3 Å². The van der Waals surface area contributed by atoms with E-state index in [1.807, 2.05) is 5.43 Å². The van der Waals surface area contributed by atoms with Crippen molar-refractivity contribution in [1.29, 1.82) is 0 Å². The number of methoxy groups -OCH3 is 1. The van der Waals surface area contributed by atoms with Gasteiger partial charge in [-0.3, -0.25) is 4.79 Å². The molecule has 0 saturated carbocycles. The molecule has 0 fully saturated rings. The Morgan fingerprint density at radius 1 is 1.04 bits per heavy atom. The highest BCUT2D eigenvalue weighted by Gasteiger charge is 2.63. The number of para-hydroxylation sites is 1. The van der Waals surface area contributed by atoms with Crippen LogP contribution in [0, 0.1) is 0 Å². The van der Waals surface area contributed by atoms with Crippen LogP contribution < -0.4 is 16.2 Å². The van der Waals surface area contributed by atoms with Crippen molar-refractivity contribution in [1.82, 2.24) is 10.7 Å². The quantitative estimate of drug-likeness (QED) is 0.365. The van der Waals surface area contributed by atoms with Gasteiger partial charge in [0.25, 0.3) is 5.91 Å². The number of alkyl halides is 3. The zero-order chi connectivity index (χ0) is 20.9. The van der Waals surface area contributed by atoms with E-state index < -0.39 is 23.7 Å². The van der Waals surface area contributed by atoms with Gasteiger partial charge in [0.15, 0.2) is 0 Å². The number of hydrogen-bond donors (Lipinski definition) is 3. The molecule has 3 N–H and O–H groups in total. The van der Waals surface area contributed by atoms with Gasteiger partial charge in [0, 0.05) is 10.7 Å². The SMILES string of the molecule is COC(=O)[C@](NNc1ccccc1)(NC(=O)c1ccc(Cl)cc1Cl)C(F)(F)F. The van der Waals surface area contributed by atoms with Gasteiger partial charge >= 0.3 is 17.8 Å². The van der Waals surface area contributed by atoms with Crippen LogP contribution in [-0.2, 0) is 9.53 Å². The van der Waals surface area contributed by atoms with E-state index in [0.29, 0.717) is 0 Å². The van der Waals surface area contributed by atoms with Gasteiger partial charge in [-0.1, -0.05) is 41.4 Å². The maximum atomic E-state index is 13.9. The number of hydrogen-bond acceptors (Lipinski definition) is 5. The number of rotatable bonds is 6. The summed E-state index contributed by atoms with van der Waals surface area (Å²) in [5, 5.41) is 1.62. The van der Waals surface area contributed by atoms with Crippen LogP contribution in [0.1, 0.15) is 10.4 Å². The summed E-state index contributed by atoms with van der Waals surface area (Å²) >= 11 is 11.6. The van der Waals surface area contributed by atoms with Crippen molar-refractivity contribution in [3.8, 4) is 0 Å². The van der Waals surface area contributed by atoms with Crippen LogP contribution in [0.25, 0.3) is 0 Å². The van der Waals surface area contributed by atoms with E-state index in [1.54, 1.807) is 23.5 Å². The van der Waals surface area contributed by atoms with Gasteiger partial charge < -0.3 is 15.5 Å². The van der Waals surface area contributed by atoms with Crippen LogP contribution in [-0.4, -0.2) is 30.8 Å². The monoisotopic (exact) mass is 435 g/mol. The van der Waals surface area contributed by atoms with Crippen molar-refractivity contribution in [3.63, 3.8) is 0 Å². The zero-order valence-electron chi connectivity index (χ0n) is 14.2. The largest absolute Gasteiger partial charge is 0.466 e. The van der Waals surface area contributed by atoms with Crippen LogP contribution in [0.4, 0.5) is 18.9 Å². The lowest BCUT2D eigenvalue weighted by Gasteiger charge is -2.34. The van der Waals surface area contributed by atoms with Crippen molar-refractivity contribution in [2.24, 2.45) is 0 Å². The molecule has 0 saturated heterocycles. The minimum atomic E-state index is -5.28. The minimum absolute atomic E-state index is 0.181. The van der Waals surface area contributed by atoms with E-state index in [9.17, 15) is 22.8 Å². The highest BCUT2D eigenvalue weighted by atomic mass is 35.5. The summed E-state index contributed by atoms with van der Waals surface area (Å²) in [4.78, 5) is 24.6. The highest BCUT2D eigenvalue weighted by Crippen LogP contribution is 2.31. The van der Waals surface area contributed by atoms with Crippen molar-refractivity contribution >= 4 is 40.8 Å². The number of anilines is 1. The molecule has 0 aliphatic rings. The van der Waals surface area contributed by atoms with Gasteiger partial charge in [-0.2, -0.15) is 18.6 Å². The molecule has 0 aliphatic carbocycles. The number of amides is 1. The van der Waals surface area contributed by atoms with E-state index >= 15 is 0 Å². The molecule has 11 heteroatoms. The molecule has 28 heavy (non-hydrogen) atoms. The predicted molar refractivity (Wildman–Crippen MR) is 97.9 cm³/mol. The third-order valence-corrected chi connectivity index (χ3v) is 4.11. The Kier molecular flexibility index (Phi) is 6.76. The third kappa shape index (κ3) is 4.67. The van der Waals surface area contributed by atoms with Crippen LogP contribution in [0.2, 0.25) is 10.0 Å². The van der Waals surface area contributed by atoms with Gasteiger partial charge in [0.05, 0.1) is 17.7 Å². The minimum Gasteiger partial charge on any atom is -0.466 e. The molecule has 150 valence electrons. The molecular weight excluding hydrogens is 422 g/mol. The average molecular weight is 436 g/mol. The third-order valence-electron chi connectivity index (χ3n) is 3.56. The summed E-state index contributed by atoms with van der Waals surface area (Å²) in [5.41, 5.74) is 0.362. The molecule has 0 aliphatic heterocycles. The van der Waals surface area contributed by atoms with Crippen LogP contribution in [0.5, 0.6) is 0 Å². The lowest BCUT2D eigenvalue weighted by Crippen LogP contribution is -2.73. The van der Waals surface area contributed by atoms with Gasteiger partial charge in [-0.05, 0) is 30.3 Å². The Morgan fingerprint density at radius 2 is 1.68 bits per heavy atom. The number of benzene rings is 2. The van der Waals surface area contributed by atoms with E-state index in [-0.39, 0.29) is 21.3 Å². The first kappa shape index (κ1) is 21.8. The standard InChI is InChI=1S/C17H14Cl2F3N3O3/c1-28-15(27)16(17(20,21)22,25-24-11-5-3-2-4-6-11)23-14(26)12-8-7-10(18)9-13(12)19/h2-9,24-25H,1H3,(H,23,26)/t16-/m1/s1. The topological polar surface area (TPSA) is 79.5 Å². The van der Waals surface area contributed by atoms with E-state index in [4.69, 9.17) is 23.2 Å². The fraction of sp³-hybridized carbons (Fsp3) is 0.176. The summed E-state index contributed by atoms with van der Waals surface area (Å²) < 4.78 is 45.9. The number of halogens is 5. The number of esters is 1.